The van der Waals surface area contributed by atoms with E-state index >= 15 is 0 Å². The van der Waals surface area contributed by atoms with Crippen LogP contribution in [0.5, 0.6) is 0 Å². The highest BCUT2D eigenvalue weighted by molar-refractivity contribution is 5.84. The number of hydrogen-bond acceptors (Lipinski definition) is 4. The Balaban J connectivity index is 1.92. The van der Waals surface area contributed by atoms with Crippen LogP contribution in [0.2, 0.25) is 0 Å². The molecule has 1 aromatic rings. The van der Waals surface area contributed by atoms with Crippen LogP contribution < -0.4 is 5.32 Å². The molecule has 1 saturated heterocycles. The molecule has 5 nitrogen and oxygen atoms in total. The van der Waals surface area contributed by atoms with Gasteiger partial charge in [-0.15, -0.1) is 5.10 Å². The zero-order chi connectivity index (χ0) is 11.4. The normalized spacial score (nSPS) is 17.2. The maximum absolute atomic E-state index is 12.0. The highest BCUT2D eigenvalue weighted by Crippen LogP contribution is 2.11. The van der Waals surface area contributed by atoms with Gasteiger partial charge in [0.15, 0.2) is 0 Å². The standard InChI is InChI=1S/C11H16N4O/c1-9(11(16)15-7-2-3-8-15)13-10-5-4-6-12-14-10/h4-6,9H,2-3,7-8H2,1H3,(H,13,14). The summed E-state index contributed by atoms with van der Waals surface area (Å²) >= 11 is 0. The Hall–Kier alpha value is -1.65. The lowest BCUT2D eigenvalue weighted by molar-refractivity contribution is -0.130. The number of rotatable bonds is 3. The molecular weight excluding hydrogens is 204 g/mol. The number of nitrogens with one attached hydrogen (secondary N) is 1. The molecule has 1 amide bonds. The summed E-state index contributed by atoms with van der Waals surface area (Å²) in [5, 5.41) is 10.7. The van der Waals surface area contributed by atoms with Crippen molar-refractivity contribution in [1.29, 1.82) is 0 Å². The second-order valence-electron chi connectivity index (χ2n) is 4.01. The Kier molecular flexibility index (Phi) is 3.34. The van der Waals surface area contributed by atoms with Crippen molar-refractivity contribution in [2.75, 3.05) is 18.4 Å². The minimum Gasteiger partial charge on any atom is -0.357 e. The fourth-order valence-electron chi connectivity index (χ4n) is 1.87. The molecule has 1 aromatic heterocycles. The third kappa shape index (κ3) is 2.48. The molecule has 2 heterocycles. The van der Waals surface area contributed by atoms with Gasteiger partial charge in [0.05, 0.1) is 0 Å². The summed E-state index contributed by atoms with van der Waals surface area (Å²) in [6.45, 7) is 3.62. The number of likely N-dealkylation sites (tertiary alicyclic amines) is 1. The van der Waals surface area contributed by atoms with Crippen molar-refractivity contribution in [1.82, 2.24) is 15.1 Å². The molecule has 86 valence electrons. The Morgan fingerprint density at radius 2 is 2.25 bits per heavy atom. The van der Waals surface area contributed by atoms with E-state index in [9.17, 15) is 4.79 Å². The van der Waals surface area contributed by atoms with E-state index in [1.54, 1.807) is 18.3 Å². The van der Waals surface area contributed by atoms with Gasteiger partial charge in [-0.05, 0) is 31.9 Å². The van der Waals surface area contributed by atoms with Crippen molar-refractivity contribution in [2.24, 2.45) is 0 Å². The first-order valence-corrected chi connectivity index (χ1v) is 5.60. The molecule has 1 N–H and O–H groups in total. The van der Waals surface area contributed by atoms with Gasteiger partial charge >= 0.3 is 0 Å². The van der Waals surface area contributed by atoms with Gasteiger partial charge in [-0.2, -0.15) is 5.10 Å². The van der Waals surface area contributed by atoms with Gasteiger partial charge in [0.1, 0.15) is 11.9 Å². The fraction of sp³-hybridized carbons (Fsp3) is 0.545. The maximum Gasteiger partial charge on any atom is 0.244 e. The monoisotopic (exact) mass is 220 g/mol. The maximum atomic E-state index is 12.0. The van der Waals surface area contributed by atoms with Crippen LogP contribution in [0.3, 0.4) is 0 Å². The molecule has 0 aliphatic carbocycles. The molecule has 0 spiro atoms. The smallest absolute Gasteiger partial charge is 0.244 e. The summed E-state index contributed by atoms with van der Waals surface area (Å²) < 4.78 is 0. The van der Waals surface area contributed by atoms with Crippen molar-refractivity contribution >= 4 is 11.7 Å². The summed E-state index contributed by atoms with van der Waals surface area (Å²) in [4.78, 5) is 13.9. The molecule has 0 saturated carbocycles. The first-order chi connectivity index (χ1) is 7.77. The number of aromatic nitrogens is 2. The summed E-state index contributed by atoms with van der Waals surface area (Å²) in [7, 11) is 0. The van der Waals surface area contributed by atoms with Gasteiger partial charge in [0, 0.05) is 19.3 Å². The second kappa shape index (κ2) is 4.92. The minimum absolute atomic E-state index is 0.142. The van der Waals surface area contributed by atoms with Crippen molar-refractivity contribution in [3.05, 3.63) is 18.3 Å². The largest absolute Gasteiger partial charge is 0.357 e. The zero-order valence-electron chi connectivity index (χ0n) is 9.39. The molecule has 0 aromatic carbocycles. The van der Waals surface area contributed by atoms with E-state index in [0.29, 0.717) is 5.82 Å². The zero-order valence-corrected chi connectivity index (χ0v) is 9.39. The molecule has 0 bridgehead atoms. The van der Waals surface area contributed by atoms with E-state index in [4.69, 9.17) is 0 Å². The van der Waals surface area contributed by atoms with E-state index in [1.807, 2.05) is 11.8 Å². The van der Waals surface area contributed by atoms with Crippen LogP contribution in [0.25, 0.3) is 0 Å². The van der Waals surface area contributed by atoms with Gasteiger partial charge in [-0.3, -0.25) is 4.79 Å². The summed E-state index contributed by atoms with van der Waals surface area (Å²) in [5.74, 6) is 0.783. The second-order valence-corrected chi connectivity index (χ2v) is 4.01. The molecule has 2 rings (SSSR count). The van der Waals surface area contributed by atoms with Crippen molar-refractivity contribution in [3.8, 4) is 0 Å². The first kappa shape index (κ1) is 10.9. The Morgan fingerprint density at radius 1 is 1.50 bits per heavy atom. The minimum atomic E-state index is -0.241. The number of anilines is 1. The number of carbonyl (C=O) groups is 1. The van der Waals surface area contributed by atoms with Crippen LogP contribution in [0.1, 0.15) is 19.8 Å². The number of carbonyl (C=O) groups excluding carboxylic acids is 1. The van der Waals surface area contributed by atoms with Crippen molar-refractivity contribution in [3.63, 3.8) is 0 Å². The van der Waals surface area contributed by atoms with Crippen LogP contribution in [-0.4, -0.2) is 40.1 Å². The lowest BCUT2D eigenvalue weighted by Crippen LogP contribution is -2.39. The van der Waals surface area contributed by atoms with Crippen LogP contribution in [-0.2, 0) is 4.79 Å². The lowest BCUT2D eigenvalue weighted by Gasteiger charge is -2.21. The van der Waals surface area contributed by atoms with Crippen LogP contribution in [0.4, 0.5) is 5.82 Å². The summed E-state index contributed by atoms with van der Waals surface area (Å²) in [5.41, 5.74) is 0. The van der Waals surface area contributed by atoms with Gasteiger partial charge in [0.2, 0.25) is 5.91 Å². The van der Waals surface area contributed by atoms with E-state index in [0.717, 1.165) is 25.9 Å². The average molecular weight is 220 g/mol. The number of hydrogen-bond donors (Lipinski definition) is 1. The summed E-state index contributed by atoms with van der Waals surface area (Å²) in [6, 6.07) is 3.36. The molecule has 0 radical (unpaired) electrons. The average Bonchev–Trinajstić information content (AvgIpc) is 2.83. The number of nitrogens with zero attached hydrogens (tertiary/aromatic N) is 3. The molecule has 5 heteroatoms. The molecular formula is C11H16N4O. The van der Waals surface area contributed by atoms with Crippen LogP contribution in [0, 0.1) is 0 Å². The van der Waals surface area contributed by atoms with Gasteiger partial charge < -0.3 is 10.2 Å². The molecule has 1 atom stereocenters. The summed E-state index contributed by atoms with van der Waals surface area (Å²) in [6.07, 6.45) is 3.84. The van der Waals surface area contributed by atoms with Crippen molar-refractivity contribution < 1.29 is 4.79 Å². The quantitative estimate of drug-likeness (QED) is 0.822. The van der Waals surface area contributed by atoms with E-state index < -0.39 is 0 Å². The predicted molar refractivity (Wildman–Crippen MR) is 60.9 cm³/mol. The Morgan fingerprint density at radius 3 is 2.88 bits per heavy atom. The van der Waals surface area contributed by atoms with Gasteiger partial charge in [0.25, 0.3) is 0 Å². The Labute approximate surface area is 94.9 Å². The van der Waals surface area contributed by atoms with Crippen LogP contribution >= 0.6 is 0 Å². The van der Waals surface area contributed by atoms with Crippen LogP contribution in [0.15, 0.2) is 18.3 Å². The third-order valence-corrected chi connectivity index (χ3v) is 2.72. The molecule has 1 unspecified atom stereocenters. The van der Waals surface area contributed by atoms with Gasteiger partial charge in [-0.25, -0.2) is 0 Å². The van der Waals surface area contributed by atoms with E-state index in [1.165, 1.54) is 0 Å². The number of amides is 1. The lowest BCUT2D eigenvalue weighted by atomic mass is 10.3. The molecule has 16 heavy (non-hydrogen) atoms. The molecule has 1 fully saturated rings. The third-order valence-electron chi connectivity index (χ3n) is 2.72. The topological polar surface area (TPSA) is 58.1 Å². The Bertz CT molecular complexity index is 348. The predicted octanol–water partition coefficient (Wildman–Crippen LogP) is 0.899. The molecule has 1 aliphatic rings. The first-order valence-electron chi connectivity index (χ1n) is 5.60. The van der Waals surface area contributed by atoms with E-state index in [2.05, 4.69) is 15.5 Å². The molecule has 1 aliphatic heterocycles. The van der Waals surface area contributed by atoms with Crippen molar-refractivity contribution in [2.45, 2.75) is 25.8 Å². The van der Waals surface area contributed by atoms with E-state index in [-0.39, 0.29) is 11.9 Å². The highest BCUT2D eigenvalue weighted by Gasteiger charge is 2.23. The highest BCUT2D eigenvalue weighted by atomic mass is 16.2. The fourth-order valence-corrected chi connectivity index (χ4v) is 1.87. The van der Waals surface area contributed by atoms with Gasteiger partial charge in [-0.1, -0.05) is 0 Å². The SMILES string of the molecule is CC(Nc1cccnn1)C(=O)N1CCCC1.